The number of amides is 3. The predicted octanol–water partition coefficient (Wildman–Crippen LogP) is 4.38. The lowest BCUT2D eigenvalue weighted by Crippen LogP contribution is -2.64. The number of aliphatic hydroxyl groups is 1. The number of carbonyl (C=O) groups excluding carboxylic acids is 3. The van der Waals surface area contributed by atoms with Crippen LogP contribution in [0.25, 0.3) is 10.9 Å². The van der Waals surface area contributed by atoms with Crippen molar-refractivity contribution in [3.8, 4) is 0 Å². The predicted molar refractivity (Wildman–Crippen MR) is 165 cm³/mol. The van der Waals surface area contributed by atoms with Gasteiger partial charge in [0.25, 0.3) is 5.91 Å². The van der Waals surface area contributed by atoms with Crippen LogP contribution in [0, 0.1) is 0 Å². The Morgan fingerprint density at radius 1 is 1.00 bits per heavy atom. The quantitative estimate of drug-likeness (QED) is 0.274. The topological polar surface area (TPSA) is 124 Å². The lowest BCUT2D eigenvalue weighted by Gasteiger charge is -2.41. The first-order valence-electron chi connectivity index (χ1n) is 14.8. The van der Waals surface area contributed by atoms with Crippen molar-refractivity contribution in [3.05, 3.63) is 66.4 Å². The second-order valence-electron chi connectivity index (χ2n) is 11.2. The number of alkyl halides is 1. The third-order valence-electron chi connectivity index (χ3n) is 8.28. The first kappa shape index (κ1) is 29.8. The number of halogens is 1. The maximum atomic E-state index is 13.8. The molecular formula is C32H38ClN5O4. The molecule has 2 atom stereocenters. The first-order chi connectivity index (χ1) is 20.4. The van der Waals surface area contributed by atoms with E-state index in [2.05, 4.69) is 20.9 Å². The van der Waals surface area contributed by atoms with Gasteiger partial charge in [-0.2, -0.15) is 0 Å². The van der Waals surface area contributed by atoms with Gasteiger partial charge in [0.1, 0.15) is 11.2 Å². The Morgan fingerprint density at radius 2 is 1.76 bits per heavy atom. The van der Waals surface area contributed by atoms with E-state index in [-0.39, 0.29) is 23.4 Å². The van der Waals surface area contributed by atoms with Crippen LogP contribution < -0.4 is 20.9 Å². The van der Waals surface area contributed by atoms with Crippen molar-refractivity contribution in [3.63, 3.8) is 0 Å². The highest BCUT2D eigenvalue weighted by atomic mass is 35.5. The van der Waals surface area contributed by atoms with Crippen LogP contribution >= 0.6 is 11.6 Å². The van der Waals surface area contributed by atoms with Gasteiger partial charge >= 0.3 is 0 Å². The van der Waals surface area contributed by atoms with E-state index in [1.807, 2.05) is 59.5 Å². The number of rotatable bonds is 9. The normalized spacial score (nSPS) is 20.1. The fraction of sp³-hybridized carbons (Fsp3) is 0.438. The van der Waals surface area contributed by atoms with E-state index in [0.29, 0.717) is 56.8 Å². The highest BCUT2D eigenvalue weighted by molar-refractivity contribution is 6.18. The van der Waals surface area contributed by atoms with Crippen molar-refractivity contribution in [1.29, 1.82) is 0 Å². The van der Waals surface area contributed by atoms with Crippen LogP contribution in [0.15, 0.2) is 60.7 Å². The largest absolute Gasteiger partial charge is 0.389 e. The molecule has 2 heterocycles. The number of piperidine rings is 1. The molecule has 2 unspecified atom stereocenters. The summed E-state index contributed by atoms with van der Waals surface area (Å²) in [6, 6.07) is 18.2. The lowest BCUT2D eigenvalue weighted by molar-refractivity contribution is -0.130. The van der Waals surface area contributed by atoms with Gasteiger partial charge in [-0.3, -0.25) is 14.4 Å². The lowest BCUT2D eigenvalue weighted by atomic mass is 9.80. The van der Waals surface area contributed by atoms with Crippen molar-refractivity contribution in [1.82, 2.24) is 15.6 Å². The number of aromatic nitrogens is 1. The van der Waals surface area contributed by atoms with Gasteiger partial charge < -0.3 is 26.0 Å². The molecule has 0 radical (unpaired) electrons. The molecule has 10 heteroatoms. The second-order valence-corrected chi connectivity index (χ2v) is 11.6. The summed E-state index contributed by atoms with van der Waals surface area (Å²) >= 11 is 5.73. The Labute approximate surface area is 251 Å². The molecule has 2 fully saturated rings. The van der Waals surface area contributed by atoms with Gasteiger partial charge in [0.2, 0.25) is 11.8 Å². The number of hydrogen-bond donors (Lipinski definition) is 4. The van der Waals surface area contributed by atoms with Crippen molar-refractivity contribution in [2.75, 3.05) is 29.2 Å². The summed E-state index contributed by atoms with van der Waals surface area (Å²) < 4.78 is 0. The van der Waals surface area contributed by atoms with Crippen molar-refractivity contribution in [2.45, 2.75) is 69.1 Å². The van der Waals surface area contributed by atoms with Crippen LogP contribution in [-0.4, -0.2) is 64.5 Å². The van der Waals surface area contributed by atoms with E-state index in [9.17, 15) is 19.5 Å². The molecule has 42 heavy (non-hydrogen) atoms. The SMILES string of the molecule is O=C(CCCCl)Nc1ccccc1N1CCC(NC(=O)C2(NC(=O)c3ccc4ccccc4n3)CCCCC2)C(O)C1. The molecule has 4 N–H and O–H groups in total. The number of anilines is 2. The molecule has 3 amide bonds. The molecule has 0 bridgehead atoms. The van der Waals surface area contributed by atoms with Crippen molar-refractivity contribution < 1.29 is 19.5 Å². The summed E-state index contributed by atoms with van der Waals surface area (Å²) in [5.41, 5.74) is 1.43. The van der Waals surface area contributed by atoms with Crippen LogP contribution in [0.3, 0.4) is 0 Å². The molecule has 1 aliphatic heterocycles. The van der Waals surface area contributed by atoms with Crippen molar-refractivity contribution >= 4 is 51.6 Å². The van der Waals surface area contributed by atoms with Gasteiger partial charge in [-0.1, -0.05) is 55.7 Å². The van der Waals surface area contributed by atoms with Gasteiger partial charge in [-0.05, 0) is 49.9 Å². The van der Waals surface area contributed by atoms with Crippen molar-refractivity contribution in [2.24, 2.45) is 0 Å². The number of benzene rings is 2. The van der Waals surface area contributed by atoms with E-state index in [0.717, 1.165) is 35.9 Å². The number of aliphatic hydroxyl groups excluding tert-OH is 1. The van der Waals surface area contributed by atoms with Crippen LogP contribution in [-0.2, 0) is 9.59 Å². The molecule has 2 aliphatic rings. The van der Waals surface area contributed by atoms with E-state index in [4.69, 9.17) is 11.6 Å². The number of β-amino-alcohol motifs (C(OH)–C–C–N with tert-alkyl or cyclic N) is 1. The molecule has 0 spiro atoms. The van der Waals surface area contributed by atoms with E-state index in [1.54, 1.807) is 6.07 Å². The fourth-order valence-electron chi connectivity index (χ4n) is 5.96. The number of nitrogens with zero attached hydrogens (tertiary/aromatic N) is 2. The molecule has 9 nitrogen and oxygen atoms in total. The Hall–Kier alpha value is -3.69. The zero-order valence-corrected chi connectivity index (χ0v) is 24.4. The van der Waals surface area contributed by atoms with E-state index < -0.39 is 17.7 Å². The molecule has 222 valence electrons. The Balaban J connectivity index is 1.25. The second kappa shape index (κ2) is 13.5. The van der Waals surface area contributed by atoms with Gasteiger partial charge in [-0.15, -0.1) is 11.6 Å². The Morgan fingerprint density at radius 3 is 2.55 bits per heavy atom. The van der Waals surface area contributed by atoms with Crippen LogP contribution in [0.5, 0.6) is 0 Å². The summed E-state index contributed by atoms with van der Waals surface area (Å²) in [4.78, 5) is 46.0. The Bertz CT molecular complexity index is 1430. The average Bonchev–Trinajstić information content (AvgIpc) is 3.01. The number of hydrogen-bond acceptors (Lipinski definition) is 6. The van der Waals surface area contributed by atoms with Crippen LogP contribution in [0.4, 0.5) is 11.4 Å². The van der Waals surface area contributed by atoms with Gasteiger partial charge in [0, 0.05) is 30.8 Å². The average molecular weight is 592 g/mol. The van der Waals surface area contributed by atoms with E-state index >= 15 is 0 Å². The molecule has 3 aromatic rings. The highest BCUT2D eigenvalue weighted by Crippen LogP contribution is 2.31. The molecule has 5 rings (SSSR count). The third kappa shape index (κ3) is 6.85. The first-order valence-corrected chi connectivity index (χ1v) is 15.3. The standard InChI is InChI=1S/C32H38ClN5O4/c33-19-8-13-29(40)35-24-11-4-5-12-27(24)38-20-16-25(28(39)21-38)36-31(42)32(17-6-1-7-18-32)37-30(41)26-15-14-22-9-2-3-10-23(22)34-26/h2-5,9-12,14-15,25,28,39H,1,6-8,13,16-21H2,(H,35,40)(H,36,42)(H,37,41). The fourth-order valence-corrected chi connectivity index (χ4v) is 6.09. The molecule has 1 saturated carbocycles. The minimum Gasteiger partial charge on any atom is -0.389 e. The van der Waals surface area contributed by atoms with E-state index in [1.165, 1.54) is 0 Å². The minimum atomic E-state index is -1.06. The summed E-state index contributed by atoms with van der Waals surface area (Å²) in [7, 11) is 0. The molecule has 1 aliphatic carbocycles. The van der Waals surface area contributed by atoms with Gasteiger partial charge in [0.05, 0.1) is 29.0 Å². The highest BCUT2D eigenvalue weighted by Gasteiger charge is 2.43. The molecule has 1 aromatic heterocycles. The van der Waals surface area contributed by atoms with Crippen LogP contribution in [0.2, 0.25) is 0 Å². The molecule has 2 aromatic carbocycles. The van der Waals surface area contributed by atoms with Gasteiger partial charge in [0.15, 0.2) is 0 Å². The molecular weight excluding hydrogens is 554 g/mol. The third-order valence-corrected chi connectivity index (χ3v) is 8.55. The maximum absolute atomic E-state index is 13.8. The summed E-state index contributed by atoms with van der Waals surface area (Å²) in [6.07, 6.45) is 4.33. The number of fused-ring (bicyclic) bond motifs is 1. The Kier molecular flexibility index (Phi) is 9.59. The number of nitrogens with one attached hydrogen (secondary N) is 3. The summed E-state index contributed by atoms with van der Waals surface area (Å²) in [6.45, 7) is 0.872. The van der Waals surface area contributed by atoms with Gasteiger partial charge in [-0.25, -0.2) is 4.98 Å². The number of pyridine rings is 1. The number of carbonyl (C=O) groups is 3. The molecule has 1 saturated heterocycles. The monoisotopic (exact) mass is 591 g/mol. The smallest absolute Gasteiger partial charge is 0.270 e. The zero-order valence-electron chi connectivity index (χ0n) is 23.7. The summed E-state index contributed by atoms with van der Waals surface area (Å²) in [5, 5.41) is 21.1. The zero-order chi connectivity index (χ0) is 29.5. The van der Waals surface area contributed by atoms with Crippen LogP contribution in [0.1, 0.15) is 61.9 Å². The minimum absolute atomic E-state index is 0.107. The number of para-hydroxylation sites is 3. The maximum Gasteiger partial charge on any atom is 0.270 e. The summed E-state index contributed by atoms with van der Waals surface area (Å²) in [5.74, 6) is -0.325.